The molecule has 1 amide bonds. The monoisotopic (exact) mass is 327 g/mol. The van der Waals surface area contributed by atoms with Crippen molar-refractivity contribution < 1.29 is 14.7 Å². The van der Waals surface area contributed by atoms with Crippen LogP contribution in [0.25, 0.3) is 6.08 Å². The van der Waals surface area contributed by atoms with Crippen molar-refractivity contribution in [2.45, 2.75) is 25.3 Å². The molecule has 6 heteroatoms. The Balaban J connectivity index is 1.90. The molecule has 0 radical (unpaired) electrons. The van der Waals surface area contributed by atoms with Gasteiger partial charge in [0.15, 0.2) is 0 Å². The fraction of sp³-hybridized carbons (Fsp3) is 0.333. The second-order valence-electron chi connectivity index (χ2n) is 5.05. The van der Waals surface area contributed by atoms with Crippen LogP contribution in [0.5, 0.6) is 0 Å². The fourth-order valence-electron chi connectivity index (χ4n) is 2.39. The number of carboxylic acid groups (broad SMARTS) is 1. The summed E-state index contributed by atoms with van der Waals surface area (Å²) >= 11 is 11.8. The first-order chi connectivity index (χ1) is 9.95. The van der Waals surface area contributed by atoms with Crippen LogP contribution in [0.4, 0.5) is 0 Å². The van der Waals surface area contributed by atoms with Gasteiger partial charge in [-0.3, -0.25) is 9.59 Å². The lowest BCUT2D eigenvalue weighted by Crippen LogP contribution is -2.31. The predicted molar refractivity (Wildman–Crippen MR) is 82.4 cm³/mol. The molecule has 2 unspecified atom stereocenters. The number of rotatable bonds is 4. The largest absolute Gasteiger partial charge is 0.481 e. The van der Waals surface area contributed by atoms with Gasteiger partial charge in [0.1, 0.15) is 0 Å². The standard InChI is InChI=1S/C15H15Cl2NO3/c16-11-4-1-9(13(17)8-11)3-6-14(19)18-12-5-2-10(7-12)15(20)21/h1,3-4,6,8,10,12H,2,5,7H2,(H,18,19)(H,20,21). The number of benzene rings is 1. The van der Waals surface area contributed by atoms with Gasteiger partial charge in [0.05, 0.1) is 5.92 Å². The highest BCUT2D eigenvalue weighted by Gasteiger charge is 2.30. The Morgan fingerprint density at radius 3 is 2.67 bits per heavy atom. The third kappa shape index (κ3) is 4.48. The van der Waals surface area contributed by atoms with E-state index in [1.54, 1.807) is 24.3 Å². The quantitative estimate of drug-likeness (QED) is 0.833. The normalized spacial score (nSPS) is 21.6. The lowest BCUT2D eigenvalue weighted by Gasteiger charge is -2.10. The molecule has 0 aliphatic heterocycles. The van der Waals surface area contributed by atoms with Crippen LogP contribution in [-0.2, 0) is 9.59 Å². The maximum Gasteiger partial charge on any atom is 0.306 e. The third-order valence-electron chi connectivity index (χ3n) is 3.51. The summed E-state index contributed by atoms with van der Waals surface area (Å²) < 4.78 is 0. The Morgan fingerprint density at radius 1 is 1.29 bits per heavy atom. The highest BCUT2D eigenvalue weighted by atomic mass is 35.5. The van der Waals surface area contributed by atoms with Crippen LogP contribution in [0, 0.1) is 5.92 Å². The zero-order valence-corrected chi connectivity index (χ0v) is 12.7. The van der Waals surface area contributed by atoms with Crippen LogP contribution in [0.15, 0.2) is 24.3 Å². The van der Waals surface area contributed by atoms with Crippen molar-refractivity contribution in [2.75, 3.05) is 0 Å². The summed E-state index contributed by atoms with van der Waals surface area (Å²) in [5.41, 5.74) is 0.700. The van der Waals surface area contributed by atoms with Gasteiger partial charge in [-0.05, 0) is 43.0 Å². The number of carboxylic acids is 1. The van der Waals surface area contributed by atoms with Crippen molar-refractivity contribution >= 4 is 41.2 Å². The first-order valence-corrected chi connectivity index (χ1v) is 7.37. The van der Waals surface area contributed by atoms with E-state index in [4.69, 9.17) is 28.3 Å². The smallest absolute Gasteiger partial charge is 0.306 e. The SMILES string of the molecule is O=C(C=Cc1ccc(Cl)cc1Cl)NC1CCC(C(=O)O)C1. The number of amides is 1. The maximum absolute atomic E-state index is 11.8. The highest BCUT2D eigenvalue weighted by molar-refractivity contribution is 6.35. The Labute approximate surface area is 132 Å². The summed E-state index contributed by atoms with van der Waals surface area (Å²) in [5, 5.41) is 12.7. The lowest BCUT2D eigenvalue weighted by atomic mass is 10.1. The van der Waals surface area contributed by atoms with Gasteiger partial charge in [-0.2, -0.15) is 0 Å². The molecule has 1 saturated carbocycles. The second kappa shape index (κ2) is 6.96. The molecule has 21 heavy (non-hydrogen) atoms. The first kappa shape index (κ1) is 15.9. The van der Waals surface area contributed by atoms with Crippen LogP contribution in [0.1, 0.15) is 24.8 Å². The van der Waals surface area contributed by atoms with Gasteiger partial charge in [-0.1, -0.05) is 29.3 Å². The zero-order valence-electron chi connectivity index (χ0n) is 11.2. The van der Waals surface area contributed by atoms with Crippen LogP contribution in [-0.4, -0.2) is 23.0 Å². The second-order valence-corrected chi connectivity index (χ2v) is 5.90. The summed E-state index contributed by atoms with van der Waals surface area (Å²) in [6, 6.07) is 4.95. The number of aliphatic carboxylic acids is 1. The molecule has 2 rings (SSSR count). The molecule has 4 nitrogen and oxygen atoms in total. The van der Waals surface area contributed by atoms with Crippen LogP contribution >= 0.6 is 23.2 Å². The Kier molecular flexibility index (Phi) is 5.26. The third-order valence-corrected chi connectivity index (χ3v) is 4.07. The minimum absolute atomic E-state index is 0.0797. The lowest BCUT2D eigenvalue weighted by molar-refractivity contribution is -0.141. The van der Waals surface area contributed by atoms with E-state index in [0.29, 0.717) is 34.9 Å². The predicted octanol–water partition coefficient (Wildman–Crippen LogP) is 3.38. The number of hydrogen-bond donors (Lipinski definition) is 2. The molecule has 0 bridgehead atoms. The summed E-state index contributed by atoms with van der Waals surface area (Å²) in [6.45, 7) is 0. The number of carbonyl (C=O) groups excluding carboxylic acids is 1. The van der Waals surface area contributed by atoms with E-state index in [1.165, 1.54) is 6.08 Å². The molecule has 1 aliphatic carbocycles. The molecule has 1 aliphatic rings. The number of halogens is 2. The van der Waals surface area contributed by atoms with Crippen molar-refractivity contribution in [1.29, 1.82) is 0 Å². The molecule has 2 atom stereocenters. The minimum atomic E-state index is -0.796. The Bertz CT molecular complexity index is 586. The van der Waals surface area contributed by atoms with E-state index in [9.17, 15) is 9.59 Å². The van der Waals surface area contributed by atoms with Gasteiger partial charge >= 0.3 is 5.97 Å². The zero-order chi connectivity index (χ0) is 15.4. The molecule has 0 aromatic heterocycles. The van der Waals surface area contributed by atoms with E-state index in [0.717, 1.165) is 0 Å². The Morgan fingerprint density at radius 2 is 2.05 bits per heavy atom. The summed E-state index contributed by atoms with van der Waals surface area (Å²) in [5.74, 6) is -1.41. The van der Waals surface area contributed by atoms with E-state index in [-0.39, 0.29) is 17.9 Å². The molecular formula is C15H15Cl2NO3. The summed E-state index contributed by atoms with van der Waals surface area (Å²) in [6.07, 6.45) is 4.78. The van der Waals surface area contributed by atoms with Crippen LogP contribution in [0.2, 0.25) is 10.0 Å². The number of carbonyl (C=O) groups is 2. The average molecular weight is 328 g/mol. The molecule has 1 aromatic carbocycles. The summed E-state index contributed by atoms with van der Waals surface area (Å²) in [4.78, 5) is 22.7. The minimum Gasteiger partial charge on any atom is -0.481 e. The van der Waals surface area contributed by atoms with E-state index >= 15 is 0 Å². The average Bonchev–Trinajstić information content (AvgIpc) is 2.86. The number of hydrogen-bond acceptors (Lipinski definition) is 2. The van der Waals surface area contributed by atoms with Crippen molar-refractivity contribution in [2.24, 2.45) is 5.92 Å². The van der Waals surface area contributed by atoms with Gasteiger partial charge in [0, 0.05) is 22.2 Å². The molecule has 1 fully saturated rings. The van der Waals surface area contributed by atoms with Crippen molar-refractivity contribution in [3.8, 4) is 0 Å². The first-order valence-electron chi connectivity index (χ1n) is 6.62. The molecule has 2 N–H and O–H groups in total. The Hall–Kier alpha value is -1.52. The van der Waals surface area contributed by atoms with Crippen LogP contribution in [0.3, 0.4) is 0 Å². The molecule has 112 valence electrons. The van der Waals surface area contributed by atoms with E-state index in [2.05, 4.69) is 5.32 Å². The van der Waals surface area contributed by atoms with Gasteiger partial charge in [0.2, 0.25) is 5.91 Å². The van der Waals surface area contributed by atoms with Gasteiger partial charge in [-0.15, -0.1) is 0 Å². The number of nitrogens with one attached hydrogen (secondary N) is 1. The highest BCUT2D eigenvalue weighted by Crippen LogP contribution is 2.26. The fourth-order valence-corrected chi connectivity index (χ4v) is 2.86. The molecule has 0 heterocycles. The van der Waals surface area contributed by atoms with Crippen molar-refractivity contribution in [3.63, 3.8) is 0 Å². The molecule has 1 aromatic rings. The van der Waals surface area contributed by atoms with Crippen molar-refractivity contribution in [3.05, 3.63) is 39.9 Å². The van der Waals surface area contributed by atoms with Crippen LogP contribution < -0.4 is 5.32 Å². The van der Waals surface area contributed by atoms with Gasteiger partial charge in [0.25, 0.3) is 0 Å². The molecule has 0 saturated heterocycles. The topological polar surface area (TPSA) is 66.4 Å². The van der Waals surface area contributed by atoms with Gasteiger partial charge in [-0.25, -0.2) is 0 Å². The summed E-state index contributed by atoms with van der Waals surface area (Å²) in [7, 11) is 0. The van der Waals surface area contributed by atoms with Crippen molar-refractivity contribution in [1.82, 2.24) is 5.32 Å². The van der Waals surface area contributed by atoms with E-state index < -0.39 is 5.97 Å². The molecule has 0 spiro atoms. The van der Waals surface area contributed by atoms with E-state index in [1.807, 2.05) is 0 Å². The van der Waals surface area contributed by atoms with Gasteiger partial charge < -0.3 is 10.4 Å². The maximum atomic E-state index is 11.8. The molecular weight excluding hydrogens is 313 g/mol.